The molecule has 144 valence electrons. The molecule has 4 heteroatoms. The second-order valence-electron chi connectivity index (χ2n) is 7.71. The number of amides is 1. The SMILES string of the molecule is CN(c1ccc(CC(=O)Nc2cnc3ccccc3c2)cc1)C1CCCCC1. The highest BCUT2D eigenvalue weighted by Gasteiger charge is 2.18. The lowest BCUT2D eigenvalue weighted by Crippen LogP contribution is -2.33. The maximum Gasteiger partial charge on any atom is 0.228 e. The van der Waals surface area contributed by atoms with Crippen LogP contribution in [0.1, 0.15) is 37.7 Å². The van der Waals surface area contributed by atoms with Crippen molar-refractivity contribution in [1.82, 2.24) is 4.98 Å². The van der Waals surface area contributed by atoms with Gasteiger partial charge in [0.1, 0.15) is 0 Å². The number of anilines is 2. The summed E-state index contributed by atoms with van der Waals surface area (Å²) in [6.45, 7) is 0. The molecule has 1 aliphatic rings. The number of nitrogens with zero attached hydrogens (tertiary/aromatic N) is 2. The van der Waals surface area contributed by atoms with Crippen molar-refractivity contribution in [3.63, 3.8) is 0 Å². The Labute approximate surface area is 166 Å². The molecule has 1 N–H and O–H groups in total. The molecule has 0 saturated heterocycles. The molecule has 1 fully saturated rings. The number of nitrogens with one attached hydrogen (secondary N) is 1. The maximum absolute atomic E-state index is 12.4. The minimum Gasteiger partial charge on any atom is -0.372 e. The zero-order valence-corrected chi connectivity index (χ0v) is 16.4. The molecule has 2 aromatic carbocycles. The second-order valence-corrected chi connectivity index (χ2v) is 7.71. The Bertz CT molecular complexity index is 945. The van der Waals surface area contributed by atoms with E-state index >= 15 is 0 Å². The third-order valence-corrected chi connectivity index (χ3v) is 5.70. The van der Waals surface area contributed by atoms with Crippen molar-refractivity contribution in [3.05, 3.63) is 66.4 Å². The van der Waals surface area contributed by atoms with E-state index in [9.17, 15) is 4.79 Å². The van der Waals surface area contributed by atoms with Crippen LogP contribution in [0.2, 0.25) is 0 Å². The smallest absolute Gasteiger partial charge is 0.228 e. The lowest BCUT2D eigenvalue weighted by atomic mass is 9.94. The summed E-state index contributed by atoms with van der Waals surface area (Å²) < 4.78 is 0. The van der Waals surface area contributed by atoms with Crippen LogP contribution in [0, 0.1) is 0 Å². The second kappa shape index (κ2) is 8.42. The Hall–Kier alpha value is -2.88. The molecule has 0 radical (unpaired) electrons. The van der Waals surface area contributed by atoms with E-state index < -0.39 is 0 Å². The van der Waals surface area contributed by atoms with Crippen LogP contribution in [0.15, 0.2) is 60.8 Å². The lowest BCUT2D eigenvalue weighted by molar-refractivity contribution is -0.115. The van der Waals surface area contributed by atoms with Crippen LogP contribution in [0.4, 0.5) is 11.4 Å². The third kappa shape index (κ3) is 4.33. The molecule has 0 bridgehead atoms. The lowest BCUT2D eigenvalue weighted by Gasteiger charge is -2.33. The minimum absolute atomic E-state index is 0.0227. The number of carbonyl (C=O) groups is 1. The number of aromatic nitrogens is 1. The van der Waals surface area contributed by atoms with Crippen LogP contribution >= 0.6 is 0 Å². The first-order valence-corrected chi connectivity index (χ1v) is 10.2. The van der Waals surface area contributed by atoms with Crippen LogP contribution in [-0.2, 0) is 11.2 Å². The number of pyridine rings is 1. The first kappa shape index (κ1) is 18.5. The highest BCUT2D eigenvalue weighted by molar-refractivity contribution is 5.94. The number of rotatable bonds is 5. The average Bonchev–Trinajstić information content (AvgIpc) is 2.74. The van der Waals surface area contributed by atoms with Gasteiger partial charge in [-0.1, -0.05) is 49.6 Å². The number of para-hydroxylation sites is 1. The van der Waals surface area contributed by atoms with Crippen LogP contribution in [0.25, 0.3) is 10.9 Å². The van der Waals surface area contributed by atoms with Crippen molar-refractivity contribution in [2.45, 2.75) is 44.6 Å². The van der Waals surface area contributed by atoms with E-state index in [1.807, 2.05) is 30.3 Å². The number of fused-ring (bicyclic) bond motifs is 1. The number of benzene rings is 2. The zero-order valence-electron chi connectivity index (χ0n) is 16.4. The Kier molecular flexibility index (Phi) is 5.56. The summed E-state index contributed by atoms with van der Waals surface area (Å²) in [5.74, 6) is -0.0227. The molecule has 1 amide bonds. The van der Waals surface area contributed by atoms with Crippen molar-refractivity contribution >= 4 is 28.2 Å². The summed E-state index contributed by atoms with van der Waals surface area (Å²) >= 11 is 0. The molecule has 28 heavy (non-hydrogen) atoms. The highest BCUT2D eigenvalue weighted by atomic mass is 16.1. The van der Waals surface area contributed by atoms with Gasteiger partial charge in [0.15, 0.2) is 0 Å². The van der Waals surface area contributed by atoms with Gasteiger partial charge in [-0.05, 0) is 42.7 Å². The van der Waals surface area contributed by atoms with Gasteiger partial charge in [-0.25, -0.2) is 0 Å². The molecule has 4 rings (SSSR count). The molecule has 0 unspecified atom stereocenters. The summed E-state index contributed by atoms with van der Waals surface area (Å²) in [5.41, 5.74) is 3.91. The Balaban J connectivity index is 1.37. The summed E-state index contributed by atoms with van der Waals surface area (Å²) in [5, 5.41) is 3.98. The predicted octanol–water partition coefficient (Wildman–Crippen LogP) is 5.18. The first-order valence-electron chi connectivity index (χ1n) is 10.2. The topological polar surface area (TPSA) is 45.2 Å². The van der Waals surface area contributed by atoms with Crippen LogP contribution in [0.3, 0.4) is 0 Å². The fourth-order valence-electron chi connectivity index (χ4n) is 4.06. The van der Waals surface area contributed by atoms with Gasteiger partial charge in [0, 0.05) is 24.2 Å². The highest BCUT2D eigenvalue weighted by Crippen LogP contribution is 2.26. The Morgan fingerprint density at radius 1 is 1.07 bits per heavy atom. The van der Waals surface area contributed by atoms with Gasteiger partial charge in [0.25, 0.3) is 0 Å². The fourth-order valence-corrected chi connectivity index (χ4v) is 4.06. The van der Waals surface area contributed by atoms with Crippen molar-refractivity contribution in [3.8, 4) is 0 Å². The van der Waals surface area contributed by atoms with E-state index in [4.69, 9.17) is 0 Å². The first-order chi connectivity index (χ1) is 13.7. The molecule has 1 heterocycles. The maximum atomic E-state index is 12.4. The van der Waals surface area contributed by atoms with Gasteiger partial charge in [-0.2, -0.15) is 0 Å². The third-order valence-electron chi connectivity index (χ3n) is 5.70. The summed E-state index contributed by atoms with van der Waals surface area (Å²) in [4.78, 5) is 19.2. The summed E-state index contributed by atoms with van der Waals surface area (Å²) in [7, 11) is 2.18. The number of carbonyl (C=O) groups excluding carboxylic acids is 1. The molecule has 0 spiro atoms. The van der Waals surface area contributed by atoms with Gasteiger partial charge in [-0.3, -0.25) is 9.78 Å². The van der Waals surface area contributed by atoms with Gasteiger partial charge in [0.2, 0.25) is 5.91 Å². The van der Waals surface area contributed by atoms with E-state index in [1.54, 1.807) is 6.20 Å². The molecule has 3 aromatic rings. The quantitative estimate of drug-likeness (QED) is 0.670. The molecular weight excluding hydrogens is 346 g/mol. The monoisotopic (exact) mass is 373 g/mol. The summed E-state index contributed by atoms with van der Waals surface area (Å²) in [6.07, 6.45) is 8.66. The molecule has 0 atom stereocenters. The van der Waals surface area contributed by atoms with Crippen molar-refractivity contribution < 1.29 is 4.79 Å². The summed E-state index contributed by atoms with van der Waals surface area (Å²) in [6, 6.07) is 18.9. The molecule has 0 aliphatic heterocycles. The van der Waals surface area contributed by atoms with Gasteiger partial charge >= 0.3 is 0 Å². The predicted molar refractivity (Wildman–Crippen MR) is 116 cm³/mol. The molecule has 1 aromatic heterocycles. The Morgan fingerprint density at radius 3 is 2.61 bits per heavy atom. The average molecular weight is 374 g/mol. The largest absolute Gasteiger partial charge is 0.372 e. The van der Waals surface area contributed by atoms with E-state index in [2.05, 4.69) is 46.5 Å². The van der Waals surface area contributed by atoms with Crippen LogP contribution in [-0.4, -0.2) is 24.0 Å². The standard InChI is InChI=1S/C24H27N3O/c1-27(21-8-3-2-4-9-21)22-13-11-18(12-14-22)15-24(28)26-20-16-19-7-5-6-10-23(19)25-17-20/h5-7,10-14,16-17,21H,2-4,8-9,15H2,1H3,(H,26,28). The zero-order chi connectivity index (χ0) is 19.3. The number of hydrogen-bond acceptors (Lipinski definition) is 3. The van der Waals surface area contributed by atoms with Crippen LogP contribution < -0.4 is 10.2 Å². The van der Waals surface area contributed by atoms with E-state index in [0.717, 1.165) is 22.2 Å². The van der Waals surface area contributed by atoms with Crippen molar-refractivity contribution in [1.29, 1.82) is 0 Å². The van der Waals surface area contributed by atoms with E-state index in [1.165, 1.54) is 37.8 Å². The van der Waals surface area contributed by atoms with Gasteiger partial charge < -0.3 is 10.2 Å². The molecule has 4 nitrogen and oxygen atoms in total. The number of hydrogen-bond donors (Lipinski definition) is 1. The Morgan fingerprint density at radius 2 is 1.82 bits per heavy atom. The van der Waals surface area contributed by atoms with E-state index in [-0.39, 0.29) is 5.91 Å². The van der Waals surface area contributed by atoms with Crippen molar-refractivity contribution in [2.24, 2.45) is 0 Å². The molecule has 1 saturated carbocycles. The van der Waals surface area contributed by atoms with E-state index in [0.29, 0.717) is 12.5 Å². The normalized spacial score (nSPS) is 14.8. The minimum atomic E-state index is -0.0227. The van der Waals surface area contributed by atoms with Crippen LogP contribution in [0.5, 0.6) is 0 Å². The molecular formula is C24H27N3O. The van der Waals surface area contributed by atoms with Crippen molar-refractivity contribution in [2.75, 3.05) is 17.3 Å². The fraction of sp³-hybridized carbons (Fsp3) is 0.333. The van der Waals surface area contributed by atoms with Gasteiger partial charge in [-0.15, -0.1) is 0 Å². The molecule has 1 aliphatic carbocycles. The van der Waals surface area contributed by atoms with Gasteiger partial charge in [0.05, 0.1) is 23.8 Å².